The van der Waals surface area contributed by atoms with E-state index in [4.69, 9.17) is 9.84 Å². The summed E-state index contributed by atoms with van der Waals surface area (Å²) in [5.74, 6) is -0.846. The third-order valence-corrected chi connectivity index (χ3v) is 4.13. The molecule has 0 spiro atoms. The number of aromatic carboxylic acids is 1. The van der Waals surface area contributed by atoms with Crippen LogP contribution in [-0.2, 0) is 11.2 Å². The highest BCUT2D eigenvalue weighted by Crippen LogP contribution is 2.33. The summed E-state index contributed by atoms with van der Waals surface area (Å²) in [6, 6.07) is 1.79. The van der Waals surface area contributed by atoms with Crippen LogP contribution in [0.5, 0.6) is 0 Å². The fourth-order valence-corrected chi connectivity index (χ4v) is 3.09. The number of carboxylic acid groups (broad SMARTS) is 1. The summed E-state index contributed by atoms with van der Waals surface area (Å²) in [4.78, 5) is 14.6. The number of likely N-dealkylation sites (N-methyl/N-ethyl adjacent to an activating group) is 1. The summed E-state index contributed by atoms with van der Waals surface area (Å²) in [7, 11) is 3.73. The van der Waals surface area contributed by atoms with Crippen LogP contribution in [0.2, 0.25) is 0 Å². The van der Waals surface area contributed by atoms with E-state index in [1.807, 2.05) is 0 Å². The highest BCUT2D eigenvalue weighted by Gasteiger charge is 2.25. The first-order valence-corrected chi connectivity index (χ1v) is 6.00. The summed E-state index contributed by atoms with van der Waals surface area (Å²) in [5, 5.41) is 8.97. The van der Waals surface area contributed by atoms with Gasteiger partial charge < -0.3 is 14.7 Å². The molecule has 2 heterocycles. The highest BCUT2D eigenvalue weighted by molar-refractivity contribution is 7.14. The fraction of sp³-hybridized carbons (Fsp3) is 0.545. The molecule has 1 aliphatic heterocycles. The van der Waals surface area contributed by atoms with Crippen LogP contribution in [0.4, 0.5) is 0 Å². The van der Waals surface area contributed by atoms with E-state index in [9.17, 15) is 4.79 Å². The van der Waals surface area contributed by atoms with E-state index >= 15 is 0 Å². The van der Waals surface area contributed by atoms with Gasteiger partial charge in [-0.15, -0.1) is 11.3 Å². The van der Waals surface area contributed by atoms with E-state index in [-0.39, 0.29) is 6.10 Å². The second-order valence-electron chi connectivity index (χ2n) is 4.04. The zero-order chi connectivity index (χ0) is 11.7. The molecule has 0 aliphatic carbocycles. The number of carbonyl (C=O) groups is 1. The van der Waals surface area contributed by atoms with Gasteiger partial charge in [0.1, 0.15) is 11.0 Å². The van der Waals surface area contributed by atoms with Gasteiger partial charge in [0.05, 0.1) is 0 Å². The van der Waals surface area contributed by atoms with Gasteiger partial charge in [0.2, 0.25) is 0 Å². The summed E-state index contributed by atoms with van der Waals surface area (Å²) >= 11 is 1.34. The normalized spacial score (nSPS) is 21.5. The van der Waals surface area contributed by atoms with Crippen LogP contribution in [0, 0.1) is 0 Å². The first-order valence-electron chi connectivity index (χ1n) is 5.19. The molecule has 0 aromatic carbocycles. The van der Waals surface area contributed by atoms with Gasteiger partial charge in [-0.2, -0.15) is 0 Å². The molecule has 2 rings (SSSR count). The summed E-state index contributed by atoms with van der Waals surface area (Å²) in [5.41, 5.74) is 1.12. The lowest BCUT2D eigenvalue weighted by atomic mass is 10.1. The van der Waals surface area contributed by atoms with Gasteiger partial charge in [0.25, 0.3) is 0 Å². The molecule has 0 saturated carbocycles. The number of hydrogen-bond donors (Lipinski definition) is 1. The van der Waals surface area contributed by atoms with Gasteiger partial charge in [0.15, 0.2) is 0 Å². The smallest absolute Gasteiger partial charge is 0.345 e. The van der Waals surface area contributed by atoms with Crippen LogP contribution in [-0.4, -0.2) is 43.2 Å². The molecule has 88 valence electrons. The van der Waals surface area contributed by atoms with Crippen molar-refractivity contribution in [2.24, 2.45) is 0 Å². The van der Waals surface area contributed by atoms with Crippen molar-refractivity contribution in [1.82, 2.24) is 4.90 Å². The monoisotopic (exact) mass is 241 g/mol. The van der Waals surface area contributed by atoms with Gasteiger partial charge in [0, 0.05) is 25.1 Å². The Bertz CT molecular complexity index is 402. The zero-order valence-electron chi connectivity index (χ0n) is 9.40. The van der Waals surface area contributed by atoms with Crippen LogP contribution < -0.4 is 0 Å². The number of rotatable bonds is 2. The molecule has 16 heavy (non-hydrogen) atoms. The first kappa shape index (κ1) is 11.6. The Balaban J connectivity index is 2.36. The average Bonchev–Trinajstić information content (AvgIpc) is 2.61. The van der Waals surface area contributed by atoms with Crippen molar-refractivity contribution in [3.05, 3.63) is 21.4 Å². The van der Waals surface area contributed by atoms with E-state index in [2.05, 4.69) is 11.9 Å². The SMILES string of the molecule is CO[C@H]1CN(C)CCc2cc(C(=O)O)sc21. The molecule has 0 radical (unpaired) electrons. The molecule has 1 N–H and O–H groups in total. The molecular formula is C11H15NO3S. The molecule has 0 bridgehead atoms. The molecule has 1 aromatic heterocycles. The van der Waals surface area contributed by atoms with E-state index < -0.39 is 5.97 Å². The van der Waals surface area contributed by atoms with E-state index in [0.29, 0.717) is 4.88 Å². The number of carboxylic acids is 1. The fourth-order valence-electron chi connectivity index (χ4n) is 1.97. The molecule has 0 unspecified atom stereocenters. The lowest BCUT2D eigenvalue weighted by Crippen LogP contribution is -2.24. The molecule has 0 amide bonds. The van der Waals surface area contributed by atoms with E-state index in [1.165, 1.54) is 11.3 Å². The van der Waals surface area contributed by atoms with Crippen molar-refractivity contribution in [2.75, 3.05) is 27.2 Å². The number of methoxy groups -OCH3 is 1. The number of hydrogen-bond acceptors (Lipinski definition) is 4. The first-order chi connectivity index (χ1) is 7.61. The van der Waals surface area contributed by atoms with Crippen molar-refractivity contribution in [3.8, 4) is 0 Å². The minimum absolute atomic E-state index is 0.000556. The van der Waals surface area contributed by atoms with E-state index in [0.717, 1.165) is 30.0 Å². The van der Waals surface area contributed by atoms with Gasteiger partial charge >= 0.3 is 5.97 Å². The van der Waals surface area contributed by atoms with Gasteiger partial charge in [-0.1, -0.05) is 0 Å². The lowest BCUT2D eigenvalue weighted by molar-refractivity contribution is 0.0702. The molecule has 1 atom stereocenters. The molecule has 4 nitrogen and oxygen atoms in total. The summed E-state index contributed by atoms with van der Waals surface area (Å²) in [6.07, 6.45) is 0.899. The number of fused-ring (bicyclic) bond motifs is 1. The van der Waals surface area contributed by atoms with Crippen molar-refractivity contribution >= 4 is 17.3 Å². The average molecular weight is 241 g/mol. The second-order valence-corrected chi connectivity index (χ2v) is 5.13. The Labute approximate surface area is 98.4 Å². The predicted molar refractivity (Wildman–Crippen MR) is 62.2 cm³/mol. The molecule has 1 aromatic rings. The number of ether oxygens (including phenoxy) is 1. The van der Waals surface area contributed by atoms with Crippen LogP contribution in [0.1, 0.15) is 26.2 Å². The molecular weight excluding hydrogens is 226 g/mol. The Morgan fingerprint density at radius 2 is 2.44 bits per heavy atom. The third kappa shape index (κ3) is 2.11. The minimum atomic E-state index is -0.846. The third-order valence-electron chi connectivity index (χ3n) is 2.87. The highest BCUT2D eigenvalue weighted by atomic mass is 32.1. The van der Waals surface area contributed by atoms with Crippen LogP contribution in [0.25, 0.3) is 0 Å². The molecule has 5 heteroatoms. The van der Waals surface area contributed by atoms with Gasteiger partial charge in [-0.05, 0) is 25.1 Å². The lowest BCUT2D eigenvalue weighted by Gasteiger charge is -2.18. The largest absolute Gasteiger partial charge is 0.477 e. The van der Waals surface area contributed by atoms with E-state index in [1.54, 1.807) is 13.2 Å². The second kappa shape index (κ2) is 4.53. The number of thiophene rings is 1. The van der Waals surface area contributed by atoms with Crippen molar-refractivity contribution in [1.29, 1.82) is 0 Å². The van der Waals surface area contributed by atoms with Gasteiger partial charge in [-0.25, -0.2) is 4.79 Å². The molecule has 0 saturated heterocycles. The summed E-state index contributed by atoms with van der Waals surface area (Å²) in [6.45, 7) is 1.77. The molecule has 1 aliphatic rings. The molecule has 0 fully saturated rings. The van der Waals surface area contributed by atoms with Crippen molar-refractivity contribution in [2.45, 2.75) is 12.5 Å². The Morgan fingerprint density at radius 1 is 1.69 bits per heavy atom. The zero-order valence-corrected chi connectivity index (χ0v) is 10.2. The topological polar surface area (TPSA) is 49.8 Å². The summed E-state index contributed by atoms with van der Waals surface area (Å²) < 4.78 is 5.44. The van der Waals surface area contributed by atoms with Gasteiger partial charge in [-0.3, -0.25) is 0 Å². The standard InChI is InChI=1S/C11H15NO3S/c1-12-4-3-7-5-9(11(13)14)16-10(7)8(6-12)15-2/h5,8H,3-4,6H2,1-2H3,(H,13,14)/t8-/m0/s1. The van der Waals surface area contributed by atoms with Crippen molar-refractivity contribution < 1.29 is 14.6 Å². The Morgan fingerprint density at radius 3 is 3.06 bits per heavy atom. The Hall–Kier alpha value is -0.910. The van der Waals surface area contributed by atoms with Crippen molar-refractivity contribution in [3.63, 3.8) is 0 Å². The predicted octanol–water partition coefficient (Wildman–Crippen LogP) is 1.62. The maximum absolute atomic E-state index is 10.9. The van der Waals surface area contributed by atoms with Crippen LogP contribution in [0.15, 0.2) is 6.07 Å². The minimum Gasteiger partial charge on any atom is -0.477 e. The van der Waals surface area contributed by atoms with Crippen LogP contribution in [0.3, 0.4) is 0 Å². The Kier molecular flexibility index (Phi) is 3.28. The quantitative estimate of drug-likeness (QED) is 0.855. The maximum atomic E-state index is 10.9. The number of nitrogens with zero attached hydrogens (tertiary/aromatic N) is 1. The van der Waals surface area contributed by atoms with Crippen LogP contribution >= 0.6 is 11.3 Å². The maximum Gasteiger partial charge on any atom is 0.345 e.